The summed E-state index contributed by atoms with van der Waals surface area (Å²) in [6.07, 6.45) is 15.1. The molecule has 2 rings (SSSR count). The first-order valence-corrected chi connectivity index (χ1v) is 8.80. The zero-order valence-corrected chi connectivity index (χ0v) is 13.6. The number of imidazole rings is 1. The van der Waals surface area contributed by atoms with Gasteiger partial charge < -0.3 is 15.2 Å². The number of nitrogens with zero attached hydrogens (tertiary/aromatic N) is 2. The fourth-order valence-corrected chi connectivity index (χ4v) is 2.99. The van der Waals surface area contributed by atoms with Crippen LogP contribution < -0.4 is 10.6 Å². The highest BCUT2D eigenvalue weighted by atomic mass is 16.1. The summed E-state index contributed by atoms with van der Waals surface area (Å²) >= 11 is 0. The van der Waals surface area contributed by atoms with Crippen LogP contribution in [-0.2, 0) is 11.3 Å². The first kappa shape index (κ1) is 17.0. The number of nitrogens with one attached hydrogen (secondary N) is 2. The van der Waals surface area contributed by atoms with E-state index in [1.165, 1.54) is 32.1 Å². The zero-order chi connectivity index (χ0) is 15.5. The summed E-state index contributed by atoms with van der Waals surface area (Å²) in [5.74, 6) is 0.506. The first-order chi connectivity index (χ1) is 10.9. The van der Waals surface area contributed by atoms with Crippen molar-refractivity contribution in [2.45, 2.75) is 57.9 Å². The molecule has 5 nitrogen and oxygen atoms in total. The molecule has 0 aliphatic carbocycles. The van der Waals surface area contributed by atoms with Crippen LogP contribution in [-0.4, -0.2) is 35.1 Å². The van der Waals surface area contributed by atoms with Gasteiger partial charge in [0.2, 0.25) is 5.91 Å². The molecule has 0 spiro atoms. The van der Waals surface area contributed by atoms with Gasteiger partial charge in [0, 0.05) is 31.4 Å². The van der Waals surface area contributed by atoms with E-state index < -0.39 is 0 Å². The SMILES string of the molecule is O=C(NCCCCCCCCn1ccnc1)C1CCNCC1. The Kier molecular flexibility index (Phi) is 8.02. The molecule has 22 heavy (non-hydrogen) atoms. The molecule has 0 bridgehead atoms. The molecule has 0 radical (unpaired) electrons. The Labute approximate surface area is 133 Å². The average molecular weight is 306 g/mol. The van der Waals surface area contributed by atoms with Gasteiger partial charge in [-0.25, -0.2) is 4.98 Å². The maximum Gasteiger partial charge on any atom is 0.223 e. The summed E-state index contributed by atoms with van der Waals surface area (Å²) in [5, 5.41) is 6.39. The van der Waals surface area contributed by atoms with Gasteiger partial charge in [0.1, 0.15) is 0 Å². The smallest absolute Gasteiger partial charge is 0.223 e. The van der Waals surface area contributed by atoms with Gasteiger partial charge in [0.25, 0.3) is 0 Å². The molecule has 0 atom stereocenters. The molecule has 1 aromatic rings. The quantitative estimate of drug-likeness (QED) is 0.652. The summed E-state index contributed by atoms with van der Waals surface area (Å²) in [7, 11) is 0. The van der Waals surface area contributed by atoms with E-state index in [1.54, 1.807) is 0 Å². The van der Waals surface area contributed by atoms with Crippen molar-refractivity contribution in [3.05, 3.63) is 18.7 Å². The maximum absolute atomic E-state index is 11.9. The van der Waals surface area contributed by atoms with Gasteiger partial charge in [0.15, 0.2) is 0 Å². The number of aryl methyl sites for hydroxylation is 1. The molecule has 1 amide bonds. The number of hydrogen-bond donors (Lipinski definition) is 2. The van der Waals surface area contributed by atoms with Crippen molar-refractivity contribution < 1.29 is 4.79 Å². The molecule has 1 saturated heterocycles. The lowest BCUT2D eigenvalue weighted by Gasteiger charge is -2.21. The Morgan fingerprint density at radius 1 is 1.14 bits per heavy atom. The van der Waals surface area contributed by atoms with Crippen molar-refractivity contribution in [3.63, 3.8) is 0 Å². The van der Waals surface area contributed by atoms with E-state index in [9.17, 15) is 4.79 Å². The molecule has 124 valence electrons. The molecule has 5 heteroatoms. The fourth-order valence-electron chi connectivity index (χ4n) is 2.99. The van der Waals surface area contributed by atoms with E-state index in [0.717, 1.165) is 45.4 Å². The lowest BCUT2D eigenvalue weighted by atomic mass is 9.97. The van der Waals surface area contributed by atoms with Crippen LogP contribution in [0, 0.1) is 5.92 Å². The van der Waals surface area contributed by atoms with Crippen LogP contribution in [0.2, 0.25) is 0 Å². The lowest BCUT2D eigenvalue weighted by Crippen LogP contribution is -2.38. The first-order valence-electron chi connectivity index (χ1n) is 8.80. The minimum absolute atomic E-state index is 0.240. The van der Waals surface area contributed by atoms with Gasteiger partial charge in [0.05, 0.1) is 6.33 Å². The number of aromatic nitrogens is 2. The fraction of sp³-hybridized carbons (Fsp3) is 0.765. The maximum atomic E-state index is 11.9. The molecule has 2 heterocycles. The predicted molar refractivity (Wildman–Crippen MR) is 88.5 cm³/mol. The Hall–Kier alpha value is -1.36. The summed E-state index contributed by atoms with van der Waals surface area (Å²) in [6, 6.07) is 0. The molecule has 1 aromatic heterocycles. The second-order valence-corrected chi connectivity index (χ2v) is 6.24. The largest absolute Gasteiger partial charge is 0.356 e. The molecule has 1 aliphatic heterocycles. The molecular weight excluding hydrogens is 276 g/mol. The number of piperidine rings is 1. The summed E-state index contributed by atoms with van der Waals surface area (Å²) in [6.45, 7) is 3.89. The highest BCUT2D eigenvalue weighted by molar-refractivity contribution is 5.78. The monoisotopic (exact) mass is 306 g/mol. The van der Waals surface area contributed by atoms with E-state index in [-0.39, 0.29) is 11.8 Å². The van der Waals surface area contributed by atoms with Crippen LogP contribution in [0.25, 0.3) is 0 Å². The number of unbranched alkanes of at least 4 members (excludes halogenated alkanes) is 5. The predicted octanol–water partition coefficient (Wildman–Crippen LogP) is 2.34. The topological polar surface area (TPSA) is 59.0 Å². The van der Waals surface area contributed by atoms with Gasteiger partial charge in [-0.1, -0.05) is 25.7 Å². The summed E-state index contributed by atoms with van der Waals surface area (Å²) in [4.78, 5) is 16.0. The van der Waals surface area contributed by atoms with E-state index in [1.807, 2.05) is 18.7 Å². The standard InChI is InChI=1S/C17H30N4O/c22-17(16-7-10-18-11-8-16)20-9-5-3-1-2-4-6-13-21-14-12-19-15-21/h12,14-16,18H,1-11,13H2,(H,20,22). The number of carbonyl (C=O) groups is 1. The Bertz CT molecular complexity index is 399. The third-order valence-electron chi connectivity index (χ3n) is 4.41. The highest BCUT2D eigenvalue weighted by Crippen LogP contribution is 2.11. The van der Waals surface area contributed by atoms with E-state index in [4.69, 9.17) is 0 Å². The van der Waals surface area contributed by atoms with Crippen molar-refractivity contribution in [1.82, 2.24) is 20.2 Å². The molecule has 1 aliphatic rings. The molecule has 0 aromatic carbocycles. The third kappa shape index (κ3) is 6.60. The van der Waals surface area contributed by atoms with Crippen molar-refractivity contribution in [2.75, 3.05) is 19.6 Å². The van der Waals surface area contributed by atoms with E-state index >= 15 is 0 Å². The Morgan fingerprint density at radius 2 is 1.86 bits per heavy atom. The Morgan fingerprint density at radius 3 is 2.59 bits per heavy atom. The van der Waals surface area contributed by atoms with Gasteiger partial charge in [-0.05, 0) is 38.8 Å². The average Bonchev–Trinajstić information content (AvgIpc) is 3.07. The highest BCUT2D eigenvalue weighted by Gasteiger charge is 2.19. The van der Waals surface area contributed by atoms with Crippen LogP contribution in [0.3, 0.4) is 0 Å². The van der Waals surface area contributed by atoms with Crippen LogP contribution in [0.15, 0.2) is 18.7 Å². The van der Waals surface area contributed by atoms with Crippen molar-refractivity contribution in [3.8, 4) is 0 Å². The van der Waals surface area contributed by atoms with Crippen LogP contribution >= 0.6 is 0 Å². The molecular formula is C17H30N4O. The molecule has 0 unspecified atom stereocenters. The number of carbonyl (C=O) groups excluding carboxylic acids is 1. The van der Waals surface area contributed by atoms with Crippen LogP contribution in [0.5, 0.6) is 0 Å². The second-order valence-electron chi connectivity index (χ2n) is 6.24. The van der Waals surface area contributed by atoms with Gasteiger partial charge in [-0.2, -0.15) is 0 Å². The second kappa shape index (κ2) is 10.4. The number of hydrogen-bond acceptors (Lipinski definition) is 3. The van der Waals surface area contributed by atoms with Crippen LogP contribution in [0.4, 0.5) is 0 Å². The number of amides is 1. The van der Waals surface area contributed by atoms with Gasteiger partial charge >= 0.3 is 0 Å². The van der Waals surface area contributed by atoms with E-state index in [2.05, 4.69) is 20.2 Å². The van der Waals surface area contributed by atoms with Crippen LogP contribution in [0.1, 0.15) is 51.4 Å². The zero-order valence-electron chi connectivity index (χ0n) is 13.6. The molecule has 2 N–H and O–H groups in total. The third-order valence-corrected chi connectivity index (χ3v) is 4.41. The summed E-state index contributed by atoms with van der Waals surface area (Å²) in [5.41, 5.74) is 0. The Balaban J connectivity index is 1.37. The normalized spacial score (nSPS) is 15.8. The van der Waals surface area contributed by atoms with Crippen molar-refractivity contribution >= 4 is 5.91 Å². The van der Waals surface area contributed by atoms with Crippen molar-refractivity contribution in [1.29, 1.82) is 0 Å². The number of rotatable bonds is 10. The minimum Gasteiger partial charge on any atom is -0.356 e. The van der Waals surface area contributed by atoms with Gasteiger partial charge in [-0.3, -0.25) is 4.79 Å². The van der Waals surface area contributed by atoms with Crippen molar-refractivity contribution in [2.24, 2.45) is 5.92 Å². The van der Waals surface area contributed by atoms with E-state index in [0.29, 0.717) is 0 Å². The minimum atomic E-state index is 0.240. The molecule has 1 fully saturated rings. The molecule has 0 saturated carbocycles. The van der Waals surface area contributed by atoms with Gasteiger partial charge in [-0.15, -0.1) is 0 Å². The lowest BCUT2D eigenvalue weighted by molar-refractivity contribution is -0.125. The summed E-state index contributed by atoms with van der Waals surface area (Å²) < 4.78 is 2.14.